The molecule has 0 spiro atoms. The molecule has 0 N–H and O–H groups in total. The van der Waals surface area contributed by atoms with E-state index in [1.165, 1.54) is 24.3 Å². The molecule has 0 unspecified atom stereocenters. The molecule has 96 valence electrons. The van der Waals surface area contributed by atoms with Crippen LogP contribution in [0, 0.1) is 23.0 Å². The lowest BCUT2D eigenvalue weighted by atomic mass is 10.1. The molecule has 0 atom stereocenters. The van der Waals surface area contributed by atoms with Crippen LogP contribution in [-0.4, -0.2) is 0 Å². The van der Waals surface area contributed by atoms with E-state index in [1.54, 1.807) is 6.07 Å². The summed E-state index contributed by atoms with van der Waals surface area (Å²) in [6.45, 7) is 0.0630. The molecule has 2 rings (SSSR count). The normalized spacial score (nSPS) is 10.0. The van der Waals surface area contributed by atoms with E-state index in [-0.39, 0.29) is 12.2 Å². The zero-order valence-corrected chi connectivity index (χ0v) is 11.2. The minimum Gasteiger partial charge on any atom is -0.489 e. The van der Waals surface area contributed by atoms with Crippen molar-refractivity contribution in [1.82, 2.24) is 0 Å². The highest BCUT2D eigenvalue weighted by Gasteiger charge is 2.04. The zero-order chi connectivity index (χ0) is 13.8. The lowest BCUT2D eigenvalue weighted by Gasteiger charge is -2.07. The molecule has 0 saturated carbocycles. The summed E-state index contributed by atoms with van der Waals surface area (Å²) in [6.07, 6.45) is 0. The van der Waals surface area contributed by atoms with Gasteiger partial charge < -0.3 is 4.74 Å². The third-order valence-electron chi connectivity index (χ3n) is 2.38. The Labute approximate surface area is 117 Å². The van der Waals surface area contributed by atoms with Crippen molar-refractivity contribution in [2.24, 2.45) is 0 Å². The first-order valence-corrected chi connectivity index (χ1v) is 6.15. The highest BCUT2D eigenvalue weighted by Crippen LogP contribution is 2.22. The van der Waals surface area contributed by atoms with Crippen molar-refractivity contribution in [2.75, 3.05) is 0 Å². The molecule has 0 amide bonds. The van der Waals surface area contributed by atoms with Crippen molar-refractivity contribution < 1.29 is 13.5 Å². The molecule has 2 nitrogen and oxygen atoms in total. The fraction of sp³-hybridized carbons (Fsp3) is 0.0714. The summed E-state index contributed by atoms with van der Waals surface area (Å²) in [5.74, 6) is -0.599. The minimum absolute atomic E-state index is 0.0630. The first-order chi connectivity index (χ1) is 9.08. The molecule has 0 radical (unpaired) electrons. The van der Waals surface area contributed by atoms with Crippen molar-refractivity contribution in [3.8, 4) is 11.8 Å². The third-order valence-corrected chi connectivity index (χ3v) is 3.03. The van der Waals surface area contributed by atoms with Gasteiger partial charge in [0, 0.05) is 6.07 Å². The van der Waals surface area contributed by atoms with Crippen molar-refractivity contribution in [3.63, 3.8) is 0 Å². The molecule has 0 heterocycles. The molecule has 0 saturated heterocycles. The van der Waals surface area contributed by atoms with Crippen LogP contribution in [0.15, 0.2) is 40.9 Å². The molecule has 2 aromatic rings. The standard InChI is InChI=1S/C14H8BrF2NO/c15-13-2-1-12(6-14(13)17)19-8-10-3-9(7-18)4-11(16)5-10/h1-6H,8H2. The van der Waals surface area contributed by atoms with E-state index in [4.69, 9.17) is 10.00 Å². The fourth-order valence-corrected chi connectivity index (χ4v) is 1.78. The summed E-state index contributed by atoms with van der Waals surface area (Å²) in [5, 5.41) is 8.73. The second-order valence-corrected chi connectivity index (χ2v) is 4.68. The van der Waals surface area contributed by atoms with Crippen LogP contribution in [-0.2, 0) is 6.61 Å². The Morgan fingerprint density at radius 3 is 2.63 bits per heavy atom. The van der Waals surface area contributed by atoms with E-state index < -0.39 is 11.6 Å². The predicted molar refractivity (Wildman–Crippen MR) is 69.5 cm³/mol. The number of benzene rings is 2. The van der Waals surface area contributed by atoms with Crippen LogP contribution in [0.1, 0.15) is 11.1 Å². The van der Waals surface area contributed by atoms with Gasteiger partial charge in [0.05, 0.1) is 16.1 Å². The van der Waals surface area contributed by atoms with Gasteiger partial charge in [-0.3, -0.25) is 0 Å². The summed E-state index contributed by atoms with van der Waals surface area (Å²) in [5.41, 5.74) is 0.737. The smallest absolute Gasteiger partial charge is 0.141 e. The molecule has 0 aromatic heterocycles. The molecule has 0 aliphatic carbocycles. The molecule has 0 bridgehead atoms. The van der Waals surface area contributed by atoms with Crippen LogP contribution >= 0.6 is 15.9 Å². The highest BCUT2D eigenvalue weighted by atomic mass is 79.9. The maximum Gasteiger partial charge on any atom is 0.141 e. The van der Waals surface area contributed by atoms with Crippen molar-refractivity contribution in [2.45, 2.75) is 6.61 Å². The van der Waals surface area contributed by atoms with Crippen LogP contribution in [0.4, 0.5) is 8.78 Å². The van der Waals surface area contributed by atoms with Gasteiger partial charge in [-0.1, -0.05) is 0 Å². The highest BCUT2D eigenvalue weighted by molar-refractivity contribution is 9.10. The van der Waals surface area contributed by atoms with E-state index in [2.05, 4.69) is 15.9 Å². The lowest BCUT2D eigenvalue weighted by molar-refractivity contribution is 0.304. The predicted octanol–water partition coefficient (Wildman–Crippen LogP) is 4.18. The first kappa shape index (κ1) is 13.5. The van der Waals surface area contributed by atoms with E-state index in [0.717, 1.165) is 6.07 Å². The van der Waals surface area contributed by atoms with Gasteiger partial charge in [0.2, 0.25) is 0 Å². The van der Waals surface area contributed by atoms with E-state index in [0.29, 0.717) is 15.8 Å². The second-order valence-electron chi connectivity index (χ2n) is 3.82. The number of nitriles is 1. The molecule has 0 aliphatic heterocycles. The van der Waals surface area contributed by atoms with Gasteiger partial charge in [-0.15, -0.1) is 0 Å². The molecule has 0 fully saturated rings. The van der Waals surface area contributed by atoms with E-state index in [9.17, 15) is 8.78 Å². The maximum absolute atomic E-state index is 13.3. The summed E-state index contributed by atoms with van der Waals surface area (Å²) in [6, 6.07) is 10.2. The zero-order valence-electron chi connectivity index (χ0n) is 9.66. The molecular formula is C14H8BrF2NO. The summed E-state index contributed by atoms with van der Waals surface area (Å²) in [4.78, 5) is 0. The minimum atomic E-state index is -0.500. The Morgan fingerprint density at radius 2 is 1.95 bits per heavy atom. The summed E-state index contributed by atoms with van der Waals surface area (Å²) < 4.78 is 32.1. The topological polar surface area (TPSA) is 33.0 Å². The number of hydrogen-bond donors (Lipinski definition) is 0. The van der Waals surface area contributed by atoms with Crippen LogP contribution in [0.5, 0.6) is 5.75 Å². The first-order valence-electron chi connectivity index (χ1n) is 5.36. The Kier molecular flexibility index (Phi) is 4.13. The van der Waals surface area contributed by atoms with Gasteiger partial charge in [0.25, 0.3) is 0 Å². The molecule has 5 heteroatoms. The van der Waals surface area contributed by atoms with Crippen LogP contribution in [0.3, 0.4) is 0 Å². The monoisotopic (exact) mass is 323 g/mol. The average Bonchev–Trinajstić information content (AvgIpc) is 2.39. The summed E-state index contributed by atoms with van der Waals surface area (Å²) >= 11 is 3.04. The largest absolute Gasteiger partial charge is 0.489 e. The van der Waals surface area contributed by atoms with Crippen LogP contribution in [0.2, 0.25) is 0 Å². The Balaban J connectivity index is 2.12. The van der Waals surface area contributed by atoms with Crippen molar-refractivity contribution in [1.29, 1.82) is 5.26 Å². The summed E-state index contributed by atoms with van der Waals surface area (Å²) in [7, 11) is 0. The second kappa shape index (κ2) is 5.81. The molecule has 2 aromatic carbocycles. The van der Waals surface area contributed by atoms with Crippen molar-refractivity contribution >= 4 is 15.9 Å². The van der Waals surface area contributed by atoms with E-state index in [1.807, 2.05) is 6.07 Å². The van der Waals surface area contributed by atoms with Gasteiger partial charge in [0.1, 0.15) is 24.0 Å². The van der Waals surface area contributed by atoms with E-state index >= 15 is 0 Å². The SMILES string of the molecule is N#Cc1cc(F)cc(COc2ccc(Br)c(F)c2)c1. The number of hydrogen-bond acceptors (Lipinski definition) is 2. The maximum atomic E-state index is 13.3. The Bertz CT molecular complexity index is 652. The van der Waals surface area contributed by atoms with Gasteiger partial charge >= 0.3 is 0 Å². The van der Waals surface area contributed by atoms with Gasteiger partial charge in [-0.2, -0.15) is 5.26 Å². The Hall–Kier alpha value is -1.93. The third kappa shape index (κ3) is 3.52. The lowest BCUT2D eigenvalue weighted by Crippen LogP contribution is -1.97. The van der Waals surface area contributed by atoms with Gasteiger partial charge in [-0.25, -0.2) is 8.78 Å². The number of ether oxygens (including phenoxy) is 1. The van der Waals surface area contributed by atoms with Crippen molar-refractivity contribution in [3.05, 3.63) is 63.6 Å². The molecule has 0 aliphatic rings. The average molecular weight is 324 g/mol. The number of halogens is 3. The van der Waals surface area contributed by atoms with Crippen LogP contribution < -0.4 is 4.74 Å². The van der Waals surface area contributed by atoms with Gasteiger partial charge in [-0.05, 0) is 51.8 Å². The number of nitrogens with zero attached hydrogens (tertiary/aromatic N) is 1. The van der Waals surface area contributed by atoms with Gasteiger partial charge in [0.15, 0.2) is 0 Å². The fourth-order valence-electron chi connectivity index (χ4n) is 1.53. The van der Waals surface area contributed by atoms with Crippen LogP contribution in [0.25, 0.3) is 0 Å². The molecular weight excluding hydrogens is 316 g/mol. The quantitative estimate of drug-likeness (QED) is 0.849. The molecule has 19 heavy (non-hydrogen) atoms. The Morgan fingerprint density at radius 1 is 1.16 bits per heavy atom. The number of rotatable bonds is 3.